The summed E-state index contributed by atoms with van der Waals surface area (Å²) in [6, 6.07) is 10.3. The van der Waals surface area contributed by atoms with E-state index in [1.807, 2.05) is 0 Å². The molecule has 1 atom stereocenters. The van der Waals surface area contributed by atoms with Gasteiger partial charge in [-0.15, -0.1) is 0 Å². The lowest BCUT2D eigenvalue weighted by molar-refractivity contribution is -0.142. The van der Waals surface area contributed by atoms with Gasteiger partial charge in [-0.05, 0) is 67.2 Å². The fraction of sp³-hybridized carbons (Fsp3) is 0.500. The molecule has 1 unspecified atom stereocenters. The Bertz CT molecular complexity index is 1350. The van der Waals surface area contributed by atoms with E-state index < -0.39 is 37.3 Å². The van der Waals surface area contributed by atoms with Gasteiger partial charge >= 0.3 is 6.09 Å². The molecule has 3 saturated carbocycles. The van der Waals surface area contributed by atoms with Crippen molar-refractivity contribution in [1.29, 1.82) is 0 Å². The van der Waals surface area contributed by atoms with Gasteiger partial charge in [-0.25, -0.2) is 9.18 Å². The molecule has 3 N–H and O–H groups in total. The summed E-state index contributed by atoms with van der Waals surface area (Å²) in [7, 11) is -2.13. The van der Waals surface area contributed by atoms with Crippen molar-refractivity contribution in [2.24, 2.45) is 0 Å². The molecule has 9 nitrogen and oxygen atoms in total. The number of rotatable bonds is 12. The number of benzene rings is 2. The number of nitrogens with one attached hydrogen (secondary N) is 3. The third-order valence-corrected chi connectivity index (χ3v) is 13.5. The second-order valence-corrected chi connectivity index (χ2v) is 18.6. The first kappa shape index (κ1) is 33.0. The highest BCUT2D eigenvalue weighted by molar-refractivity contribution is 6.74. The molecule has 0 aliphatic heterocycles. The van der Waals surface area contributed by atoms with E-state index in [-0.39, 0.29) is 47.4 Å². The monoisotopic (exact) mass is 653 g/mol. The number of hydrogen-bond acceptors (Lipinski definition) is 6. The molecule has 0 radical (unpaired) electrons. The minimum atomic E-state index is -2.13. The second-order valence-electron chi connectivity index (χ2n) is 12.9. The molecule has 3 aliphatic rings. The van der Waals surface area contributed by atoms with Gasteiger partial charge in [-0.1, -0.05) is 56.1 Å². The molecule has 2 aromatic carbocycles. The molecular formula is C30H38Cl2FN3O6Si. The molecule has 3 amide bonds. The molecule has 2 aromatic rings. The van der Waals surface area contributed by atoms with Gasteiger partial charge in [0.05, 0.1) is 16.6 Å². The first-order valence-electron chi connectivity index (χ1n) is 14.0. The van der Waals surface area contributed by atoms with Crippen LogP contribution < -0.4 is 20.7 Å². The maximum Gasteiger partial charge on any atom is 0.407 e. The fourth-order valence-corrected chi connectivity index (χ4v) is 6.30. The number of hydrogen-bond donors (Lipinski definition) is 3. The third kappa shape index (κ3) is 8.20. The Morgan fingerprint density at radius 1 is 0.953 bits per heavy atom. The molecule has 0 saturated heterocycles. The van der Waals surface area contributed by atoms with Crippen molar-refractivity contribution in [3.63, 3.8) is 0 Å². The van der Waals surface area contributed by atoms with E-state index in [2.05, 4.69) is 49.8 Å². The van der Waals surface area contributed by atoms with Crippen LogP contribution in [0, 0.1) is 5.82 Å². The summed E-state index contributed by atoms with van der Waals surface area (Å²) in [5, 5.41) is 9.23. The van der Waals surface area contributed by atoms with Gasteiger partial charge in [0, 0.05) is 16.6 Å². The SMILES string of the molecule is CC(C)(C)[Si](C)(C)OCC(=O)NC(COC(=O)NC12CC(NC(=O)COc3ccc(Cl)c(F)c3)(C1)C2)c1ccc(Cl)cc1. The number of carbonyl (C=O) groups is 3. The highest BCUT2D eigenvalue weighted by Crippen LogP contribution is 2.60. The number of carbonyl (C=O) groups excluding carboxylic acids is 3. The van der Waals surface area contributed by atoms with Gasteiger partial charge < -0.3 is 29.9 Å². The highest BCUT2D eigenvalue weighted by atomic mass is 35.5. The van der Waals surface area contributed by atoms with Crippen molar-refractivity contribution in [1.82, 2.24) is 16.0 Å². The predicted molar refractivity (Wildman–Crippen MR) is 164 cm³/mol. The summed E-state index contributed by atoms with van der Waals surface area (Å²) in [6.07, 6.45) is 1.05. The van der Waals surface area contributed by atoms with E-state index in [1.54, 1.807) is 24.3 Å². The number of halogens is 3. The summed E-state index contributed by atoms with van der Waals surface area (Å²) in [4.78, 5) is 37.9. The largest absolute Gasteiger partial charge is 0.484 e. The van der Waals surface area contributed by atoms with E-state index in [4.69, 9.17) is 37.1 Å². The molecule has 3 fully saturated rings. The van der Waals surface area contributed by atoms with Crippen LogP contribution >= 0.6 is 23.2 Å². The number of ether oxygens (including phenoxy) is 2. The van der Waals surface area contributed by atoms with E-state index in [0.717, 1.165) is 11.6 Å². The summed E-state index contributed by atoms with van der Waals surface area (Å²) < 4.78 is 30.5. The summed E-state index contributed by atoms with van der Waals surface area (Å²) in [5.41, 5.74) is -0.141. The Hall–Kier alpha value is -2.86. The normalized spacial score (nSPS) is 21.5. The van der Waals surface area contributed by atoms with Crippen molar-refractivity contribution in [2.45, 2.75) is 75.3 Å². The predicted octanol–water partition coefficient (Wildman–Crippen LogP) is 5.91. The molecule has 0 spiro atoms. The molecule has 13 heteroatoms. The Morgan fingerprint density at radius 3 is 2.19 bits per heavy atom. The first-order valence-corrected chi connectivity index (χ1v) is 17.7. The van der Waals surface area contributed by atoms with Gasteiger partial charge in [0.2, 0.25) is 5.91 Å². The molecule has 0 aromatic heterocycles. The van der Waals surface area contributed by atoms with Gasteiger partial charge in [-0.3, -0.25) is 9.59 Å². The fourth-order valence-electron chi connectivity index (χ4n) is 5.13. The summed E-state index contributed by atoms with van der Waals surface area (Å²) in [5.74, 6) is -1.08. The van der Waals surface area contributed by atoms with Gasteiger partial charge in [0.1, 0.15) is 24.8 Å². The average molecular weight is 655 g/mol. The lowest BCUT2D eigenvalue weighted by Crippen LogP contribution is -2.84. The minimum Gasteiger partial charge on any atom is -0.484 e. The third-order valence-electron chi connectivity index (χ3n) is 8.42. The lowest BCUT2D eigenvalue weighted by atomic mass is 9.44. The topological polar surface area (TPSA) is 115 Å². The molecule has 5 rings (SSSR count). The van der Waals surface area contributed by atoms with E-state index in [1.165, 1.54) is 12.1 Å². The van der Waals surface area contributed by atoms with Crippen molar-refractivity contribution in [3.8, 4) is 5.75 Å². The standard InChI is InChI=1S/C30H38Cl2FN3O6Si/c1-28(2,3)43(4,5)42-15-25(37)34-24(19-6-8-20(31)9-7-19)13-41-27(39)36-30-16-29(17-30,18-30)35-26(38)14-40-21-10-11-22(32)23(33)12-21/h6-12,24H,13-18H2,1-5H3,(H,34,37)(H,35,38)(H,36,39). The quantitative estimate of drug-likeness (QED) is 0.246. The van der Waals surface area contributed by atoms with Crippen molar-refractivity contribution >= 4 is 49.4 Å². The smallest absolute Gasteiger partial charge is 0.407 e. The number of amides is 3. The van der Waals surface area contributed by atoms with Gasteiger partial charge in [0.25, 0.3) is 5.91 Å². The Balaban J connectivity index is 1.23. The Morgan fingerprint density at radius 2 is 1.58 bits per heavy atom. The average Bonchev–Trinajstić information content (AvgIpc) is 2.88. The van der Waals surface area contributed by atoms with Gasteiger partial charge in [0.15, 0.2) is 14.9 Å². The van der Waals surface area contributed by atoms with Crippen LogP contribution in [0.4, 0.5) is 9.18 Å². The molecule has 0 heterocycles. The van der Waals surface area contributed by atoms with Crippen LogP contribution in [-0.4, -0.2) is 57.1 Å². The van der Waals surface area contributed by atoms with E-state index >= 15 is 0 Å². The lowest BCUT2D eigenvalue weighted by Gasteiger charge is -2.70. The van der Waals surface area contributed by atoms with Crippen LogP contribution in [-0.2, 0) is 18.8 Å². The summed E-state index contributed by atoms with van der Waals surface area (Å²) >= 11 is 11.7. The zero-order valence-corrected chi connectivity index (χ0v) is 27.5. The van der Waals surface area contributed by atoms with Crippen LogP contribution in [0.2, 0.25) is 28.2 Å². The van der Waals surface area contributed by atoms with Crippen molar-refractivity contribution in [3.05, 3.63) is 63.9 Å². The molecule has 234 valence electrons. The molecule has 2 bridgehead atoms. The summed E-state index contributed by atoms with van der Waals surface area (Å²) in [6.45, 7) is 9.98. The Labute approximate surface area is 262 Å². The molecular weight excluding hydrogens is 616 g/mol. The van der Waals surface area contributed by atoms with Crippen molar-refractivity contribution < 1.29 is 32.7 Å². The zero-order chi connectivity index (χ0) is 31.6. The van der Waals surface area contributed by atoms with Crippen LogP contribution in [0.5, 0.6) is 5.75 Å². The maximum atomic E-state index is 13.6. The molecule has 43 heavy (non-hydrogen) atoms. The minimum absolute atomic E-state index is 0.0288. The maximum absolute atomic E-state index is 13.6. The highest BCUT2D eigenvalue weighted by Gasteiger charge is 2.69. The van der Waals surface area contributed by atoms with E-state index in [9.17, 15) is 18.8 Å². The van der Waals surface area contributed by atoms with Crippen LogP contribution in [0.15, 0.2) is 42.5 Å². The zero-order valence-electron chi connectivity index (χ0n) is 24.9. The molecule has 3 aliphatic carbocycles. The van der Waals surface area contributed by atoms with Crippen LogP contribution in [0.1, 0.15) is 51.6 Å². The van der Waals surface area contributed by atoms with Gasteiger partial charge in [-0.2, -0.15) is 0 Å². The first-order chi connectivity index (χ1) is 20.0. The second kappa shape index (κ2) is 12.6. The Kier molecular flexibility index (Phi) is 9.70. The van der Waals surface area contributed by atoms with Crippen LogP contribution in [0.25, 0.3) is 0 Å². The van der Waals surface area contributed by atoms with Crippen LogP contribution in [0.3, 0.4) is 0 Å². The number of alkyl carbamates (subject to hydrolysis) is 1. The van der Waals surface area contributed by atoms with Crippen molar-refractivity contribution in [2.75, 3.05) is 19.8 Å². The van der Waals surface area contributed by atoms with E-state index in [0.29, 0.717) is 24.3 Å².